The molecule has 2 aromatic heterocycles. The summed E-state index contributed by atoms with van der Waals surface area (Å²) in [5.41, 5.74) is 12.6. The second kappa shape index (κ2) is 2.46. The first-order valence-electron chi connectivity index (χ1n) is 3.60. The monoisotopic (exact) mass is 163 g/mol. The Morgan fingerprint density at radius 3 is 3.08 bits per heavy atom. The molecule has 0 aliphatic carbocycles. The Bertz CT molecular complexity index is 405. The Hall–Kier alpha value is -1.62. The van der Waals surface area contributed by atoms with Crippen LogP contribution in [0.1, 0.15) is 5.56 Å². The van der Waals surface area contributed by atoms with E-state index in [1.807, 2.05) is 12.1 Å². The molecular weight excluding hydrogens is 154 g/mol. The van der Waals surface area contributed by atoms with Gasteiger partial charge in [0.2, 0.25) is 5.95 Å². The Morgan fingerprint density at radius 1 is 1.50 bits per heavy atom. The molecule has 0 saturated carbocycles. The lowest BCUT2D eigenvalue weighted by atomic mass is 10.3. The summed E-state index contributed by atoms with van der Waals surface area (Å²) in [7, 11) is 0. The van der Waals surface area contributed by atoms with Gasteiger partial charge in [0.1, 0.15) is 0 Å². The van der Waals surface area contributed by atoms with Crippen LogP contribution in [0.2, 0.25) is 0 Å². The van der Waals surface area contributed by atoms with Gasteiger partial charge >= 0.3 is 0 Å². The van der Waals surface area contributed by atoms with Gasteiger partial charge in [-0.1, -0.05) is 0 Å². The fraction of sp³-hybridized carbons (Fsp3) is 0.143. The van der Waals surface area contributed by atoms with Gasteiger partial charge in [-0.15, -0.1) is 5.10 Å². The average Bonchev–Trinajstić information content (AvgIpc) is 2.43. The Balaban J connectivity index is 2.66. The highest BCUT2D eigenvalue weighted by Gasteiger charge is 1.99. The van der Waals surface area contributed by atoms with Crippen LogP contribution < -0.4 is 11.5 Å². The number of nitrogen functional groups attached to an aromatic ring is 1. The van der Waals surface area contributed by atoms with Gasteiger partial charge in [-0.05, 0) is 17.7 Å². The predicted molar refractivity (Wildman–Crippen MR) is 45.3 cm³/mol. The molecule has 0 aliphatic heterocycles. The number of anilines is 1. The van der Waals surface area contributed by atoms with Crippen molar-refractivity contribution in [2.45, 2.75) is 6.54 Å². The maximum atomic E-state index is 5.46. The van der Waals surface area contributed by atoms with Gasteiger partial charge in [0.15, 0.2) is 5.65 Å². The highest BCUT2D eigenvalue weighted by atomic mass is 15.3. The van der Waals surface area contributed by atoms with Crippen molar-refractivity contribution in [1.82, 2.24) is 14.6 Å². The molecule has 2 heterocycles. The van der Waals surface area contributed by atoms with Crippen molar-refractivity contribution < 1.29 is 0 Å². The zero-order valence-electron chi connectivity index (χ0n) is 6.44. The summed E-state index contributed by atoms with van der Waals surface area (Å²) >= 11 is 0. The lowest BCUT2D eigenvalue weighted by Gasteiger charge is -1.94. The number of hydrogen-bond acceptors (Lipinski definition) is 4. The first kappa shape index (κ1) is 7.05. The number of hydrogen-bond donors (Lipinski definition) is 2. The number of fused-ring (bicyclic) bond motifs is 1. The van der Waals surface area contributed by atoms with E-state index < -0.39 is 0 Å². The number of nitrogens with two attached hydrogens (primary N) is 2. The van der Waals surface area contributed by atoms with E-state index in [4.69, 9.17) is 11.5 Å². The van der Waals surface area contributed by atoms with E-state index in [1.54, 1.807) is 10.7 Å². The van der Waals surface area contributed by atoms with Crippen LogP contribution in [0.5, 0.6) is 0 Å². The molecule has 5 heteroatoms. The molecule has 0 aromatic carbocycles. The summed E-state index contributed by atoms with van der Waals surface area (Å²) in [5, 5.41) is 3.93. The number of pyridine rings is 1. The maximum absolute atomic E-state index is 5.46. The summed E-state index contributed by atoms with van der Waals surface area (Å²) in [5.74, 6) is 0.282. The number of rotatable bonds is 1. The van der Waals surface area contributed by atoms with Crippen molar-refractivity contribution >= 4 is 11.6 Å². The van der Waals surface area contributed by atoms with E-state index in [1.165, 1.54) is 0 Å². The summed E-state index contributed by atoms with van der Waals surface area (Å²) < 4.78 is 1.62. The third-order valence-electron chi connectivity index (χ3n) is 1.65. The van der Waals surface area contributed by atoms with Gasteiger partial charge in [-0.2, -0.15) is 4.98 Å². The van der Waals surface area contributed by atoms with Crippen molar-refractivity contribution in [2.75, 3.05) is 5.73 Å². The van der Waals surface area contributed by atoms with E-state index in [9.17, 15) is 0 Å². The normalized spacial score (nSPS) is 10.8. The van der Waals surface area contributed by atoms with Crippen LogP contribution in [-0.2, 0) is 6.54 Å². The molecule has 4 N–H and O–H groups in total. The van der Waals surface area contributed by atoms with Crippen LogP contribution >= 0.6 is 0 Å². The summed E-state index contributed by atoms with van der Waals surface area (Å²) in [4.78, 5) is 4.00. The van der Waals surface area contributed by atoms with Gasteiger partial charge in [0.25, 0.3) is 0 Å². The smallest absolute Gasteiger partial charge is 0.240 e. The Kier molecular flexibility index (Phi) is 1.44. The fourth-order valence-electron chi connectivity index (χ4n) is 1.07. The zero-order chi connectivity index (χ0) is 8.55. The molecule has 0 aliphatic rings. The molecule has 2 aromatic rings. The third-order valence-corrected chi connectivity index (χ3v) is 1.65. The van der Waals surface area contributed by atoms with Crippen LogP contribution in [0.15, 0.2) is 18.3 Å². The van der Waals surface area contributed by atoms with E-state index in [0.717, 1.165) is 11.2 Å². The first-order chi connectivity index (χ1) is 5.79. The van der Waals surface area contributed by atoms with E-state index in [0.29, 0.717) is 6.54 Å². The summed E-state index contributed by atoms with van der Waals surface area (Å²) in [6, 6.07) is 3.75. The second-order valence-electron chi connectivity index (χ2n) is 2.51. The minimum Gasteiger partial charge on any atom is -0.366 e. The van der Waals surface area contributed by atoms with Crippen molar-refractivity contribution in [1.29, 1.82) is 0 Å². The van der Waals surface area contributed by atoms with Gasteiger partial charge in [-0.3, -0.25) is 0 Å². The topological polar surface area (TPSA) is 82.2 Å². The van der Waals surface area contributed by atoms with Crippen LogP contribution in [-0.4, -0.2) is 14.6 Å². The highest BCUT2D eigenvalue weighted by Crippen LogP contribution is 2.05. The Morgan fingerprint density at radius 2 is 2.33 bits per heavy atom. The van der Waals surface area contributed by atoms with E-state index >= 15 is 0 Å². The number of aromatic nitrogens is 3. The molecule has 0 saturated heterocycles. The molecule has 12 heavy (non-hydrogen) atoms. The third kappa shape index (κ3) is 0.998. The summed E-state index contributed by atoms with van der Waals surface area (Å²) in [6.07, 6.45) is 1.79. The van der Waals surface area contributed by atoms with Gasteiger partial charge in [0, 0.05) is 12.7 Å². The molecule has 5 nitrogen and oxygen atoms in total. The van der Waals surface area contributed by atoms with Crippen LogP contribution in [0.25, 0.3) is 5.65 Å². The highest BCUT2D eigenvalue weighted by molar-refractivity contribution is 5.43. The minimum atomic E-state index is 0.282. The maximum Gasteiger partial charge on any atom is 0.240 e. The molecule has 0 spiro atoms. The SMILES string of the molecule is NCc1ccn2nc(N)nc2c1. The minimum absolute atomic E-state index is 0.282. The van der Waals surface area contributed by atoms with Crippen molar-refractivity contribution in [3.05, 3.63) is 23.9 Å². The molecule has 0 radical (unpaired) electrons. The predicted octanol–water partition coefficient (Wildman–Crippen LogP) is -0.230. The van der Waals surface area contributed by atoms with Crippen molar-refractivity contribution in [3.8, 4) is 0 Å². The summed E-state index contributed by atoms with van der Waals surface area (Å²) in [6.45, 7) is 0.503. The van der Waals surface area contributed by atoms with E-state index in [-0.39, 0.29) is 5.95 Å². The molecular formula is C7H9N5. The standard InChI is InChI=1S/C7H9N5/c8-4-5-1-2-12-6(3-5)10-7(9)11-12/h1-3H,4,8H2,(H2,9,11). The van der Waals surface area contributed by atoms with Gasteiger partial charge in [0.05, 0.1) is 0 Å². The fourth-order valence-corrected chi connectivity index (χ4v) is 1.07. The van der Waals surface area contributed by atoms with Crippen LogP contribution in [0.4, 0.5) is 5.95 Å². The molecule has 0 unspecified atom stereocenters. The first-order valence-corrected chi connectivity index (χ1v) is 3.60. The molecule has 0 amide bonds. The van der Waals surface area contributed by atoms with Crippen LogP contribution in [0.3, 0.4) is 0 Å². The lowest BCUT2D eigenvalue weighted by Crippen LogP contribution is -1.97. The average molecular weight is 163 g/mol. The van der Waals surface area contributed by atoms with E-state index in [2.05, 4.69) is 10.1 Å². The molecule has 62 valence electrons. The van der Waals surface area contributed by atoms with Crippen molar-refractivity contribution in [2.24, 2.45) is 5.73 Å². The van der Waals surface area contributed by atoms with Gasteiger partial charge < -0.3 is 11.5 Å². The van der Waals surface area contributed by atoms with Crippen LogP contribution in [0, 0.1) is 0 Å². The lowest BCUT2D eigenvalue weighted by molar-refractivity contribution is 0.952. The van der Waals surface area contributed by atoms with Crippen molar-refractivity contribution in [3.63, 3.8) is 0 Å². The number of nitrogens with zero attached hydrogens (tertiary/aromatic N) is 3. The van der Waals surface area contributed by atoms with Gasteiger partial charge in [-0.25, -0.2) is 4.52 Å². The Labute approximate surface area is 69.0 Å². The molecule has 0 atom stereocenters. The quantitative estimate of drug-likeness (QED) is 0.608. The molecule has 0 bridgehead atoms. The second-order valence-corrected chi connectivity index (χ2v) is 2.51. The molecule has 0 fully saturated rings. The zero-order valence-corrected chi connectivity index (χ0v) is 6.44. The largest absolute Gasteiger partial charge is 0.366 e. The molecule has 2 rings (SSSR count).